The zero-order chi connectivity index (χ0) is 28.0. The van der Waals surface area contributed by atoms with Crippen LogP contribution in [-0.4, -0.2) is 82.3 Å². The zero-order valence-corrected chi connectivity index (χ0v) is 24.5. The van der Waals surface area contributed by atoms with Crippen molar-refractivity contribution in [2.24, 2.45) is 0 Å². The van der Waals surface area contributed by atoms with Crippen LogP contribution in [0.3, 0.4) is 0 Å². The molecular formula is C25H40ClN7O5P+. The van der Waals surface area contributed by atoms with Gasteiger partial charge in [-0.25, -0.2) is 9.09 Å². The number of phosphoric acid groups is 1. The van der Waals surface area contributed by atoms with Gasteiger partial charge in [0.15, 0.2) is 6.73 Å². The first-order valence-electron chi connectivity index (χ1n) is 13.4. The topological polar surface area (TPSA) is 142 Å². The molecule has 1 aromatic carbocycles. The number of halogens is 1. The number of likely N-dealkylation sites (tertiary alicyclic amines) is 1. The molecule has 12 nitrogen and oxygen atoms in total. The number of aromatic nitrogens is 3. The molecule has 1 aliphatic heterocycles. The first-order chi connectivity index (χ1) is 18.5. The molecule has 4 N–H and O–H groups in total. The van der Waals surface area contributed by atoms with Gasteiger partial charge in [0.2, 0.25) is 17.8 Å². The predicted octanol–water partition coefficient (Wildman–Crippen LogP) is 4.52. The van der Waals surface area contributed by atoms with E-state index in [4.69, 9.17) is 40.6 Å². The maximum atomic E-state index is 11.2. The van der Waals surface area contributed by atoms with Gasteiger partial charge in [0.05, 0.1) is 32.3 Å². The van der Waals surface area contributed by atoms with Gasteiger partial charge in [-0.05, 0) is 31.0 Å². The molecule has 1 aliphatic carbocycles. The monoisotopic (exact) mass is 584 g/mol. The Morgan fingerprint density at radius 3 is 2.36 bits per heavy atom. The number of ether oxygens (including phenoxy) is 1. The molecule has 14 heteroatoms. The Kier molecular flexibility index (Phi) is 9.90. The van der Waals surface area contributed by atoms with E-state index < -0.39 is 7.82 Å². The molecule has 2 aromatic rings. The van der Waals surface area contributed by atoms with Crippen LogP contribution in [0, 0.1) is 0 Å². The number of quaternary nitrogens is 1. The number of rotatable bonds is 10. The summed E-state index contributed by atoms with van der Waals surface area (Å²) in [7, 11) is 0.997. The van der Waals surface area contributed by atoms with Gasteiger partial charge in [-0.2, -0.15) is 15.0 Å². The van der Waals surface area contributed by atoms with E-state index in [1.165, 1.54) is 25.7 Å². The van der Waals surface area contributed by atoms with Crippen molar-refractivity contribution >= 4 is 43.0 Å². The molecule has 0 atom stereocenters. The lowest BCUT2D eigenvalue weighted by atomic mass is 10.0. The first kappa shape index (κ1) is 29.8. The molecule has 2 aliphatic rings. The van der Waals surface area contributed by atoms with E-state index >= 15 is 0 Å². The summed E-state index contributed by atoms with van der Waals surface area (Å²) in [6, 6.07) is 5.89. The number of phosphoric ester groups is 1. The average molecular weight is 585 g/mol. The van der Waals surface area contributed by atoms with Crippen molar-refractivity contribution in [2.45, 2.75) is 63.5 Å². The van der Waals surface area contributed by atoms with Gasteiger partial charge in [-0.1, -0.05) is 37.3 Å². The summed E-state index contributed by atoms with van der Waals surface area (Å²) in [5.74, 6) is 2.08. The van der Waals surface area contributed by atoms with Crippen molar-refractivity contribution in [3.63, 3.8) is 0 Å². The molecule has 4 rings (SSSR count). The number of piperidine rings is 1. The summed E-state index contributed by atoms with van der Waals surface area (Å²) >= 11 is 6.33. The van der Waals surface area contributed by atoms with E-state index in [0.29, 0.717) is 52.2 Å². The van der Waals surface area contributed by atoms with Crippen LogP contribution < -0.4 is 20.3 Å². The molecule has 2 heterocycles. The van der Waals surface area contributed by atoms with Crippen LogP contribution in [0.2, 0.25) is 5.02 Å². The summed E-state index contributed by atoms with van der Waals surface area (Å²) in [5, 5.41) is 7.30. The Morgan fingerprint density at radius 1 is 1.08 bits per heavy atom. The van der Waals surface area contributed by atoms with Crippen LogP contribution >= 0.6 is 19.4 Å². The van der Waals surface area contributed by atoms with Crippen molar-refractivity contribution in [1.29, 1.82) is 0 Å². The highest BCUT2D eigenvalue weighted by Crippen LogP contribution is 2.37. The van der Waals surface area contributed by atoms with Gasteiger partial charge in [0.1, 0.15) is 5.75 Å². The molecule has 0 radical (unpaired) electrons. The summed E-state index contributed by atoms with van der Waals surface area (Å²) < 4.78 is 21.7. The Morgan fingerprint density at radius 2 is 1.74 bits per heavy atom. The minimum absolute atomic E-state index is 0.0274. The van der Waals surface area contributed by atoms with Crippen LogP contribution in [0.4, 0.5) is 23.5 Å². The van der Waals surface area contributed by atoms with E-state index in [2.05, 4.69) is 20.5 Å². The van der Waals surface area contributed by atoms with Crippen molar-refractivity contribution in [1.82, 2.24) is 15.0 Å². The Balaban J connectivity index is 1.52. The second-order valence-electron chi connectivity index (χ2n) is 10.7. The van der Waals surface area contributed by atoms with Crippen molar-refractivity contribution in [2.75, 3.05) is 56.6 Å². The Hall–Kier alpha value is -2.21. The first-order valence-corrected chi connectivity index (χ1v) is 15.3. The second-order valence-corrected chi connectivity index (χ2v) is 12.4. The lowest BCUT2D eigenvalue weighted by Gasteiger charge is -2.42. The molecule has 1 aromatic heterocycles. The maximum absolute atomic E-state index is 11.2. The molecule has 0 spiro atoms. The SMILES string of the molecule is COc1ccc(Nc2nc(NC3CCCCCC3)nc(N(C)C3CC[N+](C)(COP(=O)(O)O)CC3)n2)cc1Cl. The highest BCUT2D eigenvalue weighted by molar-refractivity contribution is 7.46. The van der Waals surface area contributed by atoms with Gasteiger partial charge < -0.3 is 34.5 Å². The highest BCUT2D eigenvalue weighted by Gasteiger charge is 2.35. The van der Waals surface area contributed by atoms with Crippen molar-refractivity contribution in [3.8, 4) is 5.75 Å². The van der Waals surface area contributed by atoms with Crippen molar-refractivity contribution in [3.05, 3.63) is 23.2 Å². The fourth-order valence-corrected chi connectivity index (χ4v) is 5.88. The second kappa shape index (κ2) is 13.0. The fraction of sp³-hybridized carbons (Fsp3) is 0.640. The van der Waals surface area contributed by atoms with Crippen LogP contribution in [0.5, 0.6) is 5.75 Å². The normalized spacial score (nSPS) is 22.7. The van der Waals surface area contributed by atoms with E-state index in [1.807, 2.05) is 20.2 Å². The number of anilines is 4. The lowest BCUT2D eigenvalue weighted by Crippen LogP contribution is -2.54. The predicted molar refractivity (Wildman–Crippen MR) is 152 cm³/mol. The molecular weight excluding hydrogens is 545 g/mol. The minimum Gasteiger partial charge on any atom is -0.495 e. The molecule has 39 heavy (non-hydrogen) atoms. The number of hydrogen-bond acceptors (Lipinski definition) is 9. The van der Waals surface area contributed by atoms with Gasteiger partial charge in [-0.3, -0.25) is 0 Å². The molecule has 0 amide bonds. The Bertz CT molecular complexity index is 1150. The molecule has 1 saturated carbocycles. The molecule has 0 unspecified atom stereocenters. The van der Waals surface area contributed by atoms with Crippen molar-refractivity contribution < 1.29 is 28.1 Å². The number of nitrogens with zero attached hydrogens (tertiary/aromatic N) is 5. The zero-order valence-electron chi connectivity index (χ0n) is 22.8. The third-order valence-electron chi connectivity index (χ3n) is 7.63. The smallest absolute Gasteiger partial charge is 0.474 e. The quantitative estimate of drug-likeness (QED) is 0.178. The van der Waals surface area contributed by atoms with E-state index in [0.717, 1.165) is 31.4 Å². The Labute approximate surface area is 234 Å². The number of methoxy groups -OCH3 is 1. The van der Waals surface area contributed by atoms with Crippen LogP contribution in [-0.2, 0) is 9.09 Å². The summed E-state index contributed by atoms with van der Waals surface area (Å²) in [6.07, 6.45) is 8.66. The van der Waals surface area contributed by atoms with E-state index in [1.54, 1.807) is 19.2 Å². The molecule has 2 fully saturated rings. The summed E-state index contributed by atoms with van der Waals surface area (Å²) in [6.45, 7) is 1.39. The highest BCUT2D eigenvalue weighted by atomic mass is 35.5. The fourth-order valence-electron chi connectivity index (χ4n) is 5.19. The van der Waals surface area contributed by atoms with Gasteiger partial charge in [0, 0.05) is 37.7 Å². The number of benzene rings is 1. The van der Waals surface area contributed by atoms with E-state index in [-0.39, 0.29) is 12.8 Å². The lowest BCUT2D eigenvalue weighted by molar-refractivity contribution is -0.929. The standard InChI is InChI=1S/C25H39ClN7O5P/c1-32(20-12-14-33(2,15-13-20)17-38-39(34,35)36)25-30-23(27-18-8-6-4-5-7-9-18)29-24(31-25)28-19-10-11-22(37-3)21(26)16-19/h10-11,16,18,20H,4-9,12-15,17H2,1-3H3,(H3-,27,28,29,30,31,34,35,36)/p+1. The summed E-state index contributed by atoms with van der Waals surface area (Å²) in [4.78, 5) is 34.5. The van der Waals surface area contributed by atoms with Crippen LogP contribution in [0.1, 0.15) is 51.4 Å². The maximum Gasteiger partial charge on any atom is 0.474 e. The van der Waals surface area contributed by atoms with Crippen LogP contribution in [0.15, 0.2) is 18.2 Å². The van der Waals surface area contributed by atoms with E-state index in [9.17, 15) is 4.57 Å². The molecule has 0 bridgehead atoms. The van der Waals surface area contributed by atoms with Gasteiger partial charge in [-0.15, -0.1) is 0 Å². The molecule has 216 valence electrons. The number of nitrogens with one attached hydrogen (secondary N) is 2. The van der Waals surface area contributed by atoms with Gasteiger partial charge in [0.25, 0.3) is 0 Å². The third kappa shape index (κ3) is 8.64. The average Bonchev–Trinajstić information content (AvgIpc) is 3.16. The summed E-state index contributed by atoms with van der Waals surface area (Å²) in [5.41, 5.74) is 0.733. The number of hydrogen-bond donors (Lipinski definition) is 4. The van der Waals surface area contributed by atoms with Gasteiger partial charge >= 0.3 is 7.82 Å². The minimum atomic E-state index is -4.51. The third-order valence-corrected chi connectivity index (χ3v) is 8.37. The molecule has 1 saturated heterocycles. The largest absolute Gasteiger partial charge is 0.495 e. The van der Waals surface area contributed by atoms with Crippen LogP contribution in [0.25, 0.3) is 0 Å².